The quantitative estimate of drug-likeness (QED) is 0.785. The normalized spacial score (nSPS) is 9.00. The van der Waals surface area contributed by atoms with Crippen molar-refractivity contribution in [3.63, 3.8) is 0 Å². The van der Waals surface area contributed by atoms with E-state index in [0.717, 1.165) is 5.69 Å². The second-order valence-corrected chi connectivity index (χ2v) is 2.20. The standard InChI is InChI=1S/C8H7N3.Ir/c1-2-4-8(5-3-1)11-6-9-10-7-11;/h1-7H;/q;+3. The van der Waals surface area contributed by atoms with E-state index in [4.69, 9.17) is 0 Å². The van der Waals surface area contributed by atoms with Crippen molar-refractivity contribution < 1.29 is 20.1 Å². The summed E-state index contributed by atoms with van der Waals surface area (Å²) in [7, 11) is 0. The Morgan fingerprint density at radius 3 is 2.08 bits per heavy atom. The molecule has 2 rings (SSSR count). The molecule has 0 N–H and O–H groups in total. The molecule has 60 valence electrons. The van der Waals surface area contributed by atoms with Gasteiger partial charge in [-0.25, -0.2) is 0 Å². The summed E-state index contributed by atoms with van der Waals surface area (Å²) in [6, 6.07) is 9.95. The fourth-order valence-electron chi connectivity index (χ4n) is 0.934. The van der Waals surface area contributed by atoms with E-state index in [-0.39, 0.29) is 20.1 Å². The van der Waals surface area contributed by atoms with Gasteiger partial charge in [0.1, 0.15) is 12.7 Å². The van der Waals surface area contributed by atoms with E-state index in [1.807, 2.05) is 34.9 Å². The fraction of sp³-hybridized carbons (Fsp3) is 0. The van der Waals surface area contributed by atoms with Crippen molar-refractivity contribution in [1.29, 1.82) is 0 Å². The predicted octanol–water partition coefficient (Wildman–Crippen LogP) is 1.26. The van der Waals surface area contributed by atoms with E-state index >= 15 is 0 Å². The van der Waals surface area contributed by atoms with Crippen LogP contribution in [0.4, 0.5) is 0 Å². The zero-order chi connectivity index (χ0) is 7.52. The summed E-state index contributed by atoms with van der Waals surface area (Å²) in [5.74, 6) is 0. The van der Waals surface area contributed by atoms with Gasteiger partial charge in [0.15, 0.2) is 0 Å². The minimum absolute atomic E-state index is 0. The Morgan fingerprint density at radius 1 is 0.917 bits per heavy atom. The first-order chi connectivity index (χ1) is 5.47. The number of hydrogen-bond acceptors (Lipinski definition) is 2. The number of rotatable bonds is 1. The molecule has 0 atom stereocenters. The molecule has 0 fully saturated rings. The van der Waals surface area contributed by atoms with Crippen LogP contribution in [0.1, 0.15) is 0 Å². The first-order valence-electron chi connectivity index (χ1n) is 3.37. The van der Waals surface area contributed by atoms with Gasteiger partial charge in [-0.05, 0) is 12.1 Å². The van der Waals surface area contributed by atoms with Crippen molar-refractivity contribution in [3.05, 3.63) is 43.0 Å². The largest absolute Gasteiger partial charge is 3.00 e. The summed E-state index contributed by atoms with van der Waals surface area (Å²) in [5, 5.41) is 7.42. The molecular formula is C8H7IrN3+3. The average molecular weight is 337 g/mol. The molecule has 2 aromatic rings. The van der Waals surface area contributed by atoms with Crippen LogP contribution in [0.2, 0.25) is 0 Å². The average Bonchev–Trinajstić information content (AvgIpc) is 2.58. The van der Waals surface area contributed by atoms with Crippen molar-refractivity contribution in [2.75, 3.05) is 0 Å². The SMILES string of the molecule is [Ir+3].c1ccc(-n2cnnc2)cc1. The van der Waals surface area contributed by atoms with Gasteiger partial charge in [0, 0.05) is 5.69 Å². The molecule has 0 aliphatic rings. The molecule has 0 spiro atoms. The molecular weight excluding hydrogens is 330 g/mol. The molecule has 4 heteroatoms. The van der Waals surface area contributed by atoms with Crippen LogP contribution in [-0.4, -0.2) is 14.8 Å². The number of hydrogen-bond donors (Lipinski definition) is 0. The first-order valence-corrected chi connectivity index (χ1v) is 3.37. The Kier molecular flexibility index (Phi) is 3.14. The molecule has 0 bridgehead atoms. The van der Waals surface area contributed by atoms with E-state index in [1.165, 1.54) is 0 Å². The predicted molar refractivity (Wildman–Crippen MR) is 41.4 cm³/mol. The minimum Gasteiger partial charge on any atom is -0.288 e. The molecule has 0 radical (unpaired) electrons. The summed E-state index contributed by atoms with van der Waals surface area (Å²) < 4.78 is 1.86. The van der Waals surface area contributed by atoms with Crippen LogP contribution in [0.15, 0.2) is 43.0 Å². The van der Waals surface area contributed by atoms with Crippen LogP contribution in [-0.2, 0) is 20.1 Å². The topological polar surface area (TPSA) is 30.7 Å². The Morgan fingerprint density at radius 2 is 1.50 bits per heavy atom. The third kappa shape index (κ3) is 1.78. The van der Waals surface area contributed by atoms with Crippen LogP contribution >= 0.6 is 0 Å². The zero-order valence-corrected chi connectivity index (χ0v) is 8.61. The van der Waals surface area contributed by atoms with Gasteiger partial charge in [-0.3, -0.25) is 4.57 Å². The number of benzene rings is 1. The maximum absolute atomic E-state index is 3.71. The monoisotopic (exact) mass is 338 g/mol. The summed E-state index contributed by atoms with van der Waals surface area (Å²) >= 11 is 0. The van der Waals surface area contributed by atoms with Gasteiger partial charge >= 0.3 is 20.1 Å². The second kappa shape index (κ2) is 4.14. The number of aromatic nitrogens is 3. The van der Waals surface area contributed by atoms with Crippen molar-refractivity contribution >= 4 is 0 Å². The molecule has 0 amide bonds. The summed E-state index contributed by atoms with van der Waals surface area (Å²) in [5.41, 5.74) is 1.08. The first kappa shape index (κ1) is 9.10. The van der Waals surface area contributed by atoms with Gasteiger partial charge in [-0.2, -0.15) is 0 Å². The van der Waals surface area contributed by atoms with Crippen LogP contribution in [0.25, 0.3) is 5.69 Å². The second-order valence-electron chi connectivity index (χ2n) is 2.20. The van der Waals surface area contributed by atoms with Crippen LogP contribution in [0.3, 0.4) is 0 Å². The van der Waals surface area contributed by atoms with E-state index < -0.39 is 0 Å². The number of para-hydroxylation sites is 1. The summed E-state index contributed by atoms with van der Waals surface area (Å²) in [6.45, 7) is 0. The van der Waals surface area contributed by atoms with E-state index in [0.29, 0.717) is 0 Å². The molecule has 3 nitrogen and oxygen atoms in total. The van der Waals surface area contributed by atoms with Crippen molar-refractivity contribution in [2.24, 2.45) is 0 Å². The number of nitrogens with zero attached hydrogens (tertiary/aromatic N) is 3. The van der Waals surface area contributed by atoms with Gasteiger partial charge in [0.05, 0.1) is 0 Å². The summed E-state index contributed by atoms with van der Waals surface area (Å²) in [4.78, 5) is 0. The van der Waals surface area contributed by atoms with Crippen molar-refractivity contribution in [3.8, 4) is 5.69 Å². The maximum Gasteiger partial charge on any atom is 3.00 e. The van der Waals surface area contributed by atoms with E-state index in [2.05, 4.69) is 10.2 Å². The third-order valence-electron chi connectivity index (χ3n) is 1.47. The van der Waals surface area contributed by atoms with Gasteiger partial charge in [0.25, 0.3) is 0 Å². The van der Waals surface area contributed by atoms with Gasteiger partial charge in [-0.15, -0.1) is 10.2 Å². The Labute approximate surface area is 83.8 Å². The summed E-state index contributed by atoms with van der Waals surface area (Å²) in [6.07, 6.45) is 3.35. The van der Waals surface area contributed by atoms with Crippen molar-refractivity contribution in [1.82, 2.24) is 14.8 Å². The maximum atomic E-state index is 3.71. The van der Waals surface area contributed by atoms with Gasteiger partial charge in [0.2, 0.25) is 0 Å². The van der Waals surface area contributed by atoms with Gasteiger partial charge in [-0.1, -0.05) is 18.2 Å². The molecule has 1 aromatic heterocycles. The van der Waals surface area contributed by atoms with Crippen LogP contribution in [0.5, 0.6) is 0 Å². The Bertz CT molecular complexity index is 317. The molecule has 0 aliphatic heterocycles. The molecule has 0 saturated heterocycles. The molecule has 1 aromatic carbocycles. The Balaban J connectivity index is 0.000000720. The molecule has 0 aliphatic carbocycles. The Hall–Kier alpha value is -0.991. The zero-order valence-electron chi connectivity index (χ0n) is 6.22. The molecule has 0 saturated carbocycles. The van der Waals surface area contributed by atoms with Crippen LogP contribution in [0, 0.1) is 0 Å². The fourth-order valence-corrected chi connectivity index (χ4v) is 0.934. The molecule has 1 heterocycles. The van der Waals surface area contributed by atoms with Crippen LogP contribution < -0.4 is 0 Å². The smallest absolute Gasteiger partial charge is 0.288 e. The molecule has 12 heavy (non-hydrogen) atoms. The van der Waals surface area contributed by atoms with Crippen molar-refractivity contribution in [2.45, 2.75) is 0 Å². The van der Waals surface area contributed by atoms with E-state index in [9.17, 15) is 0 Å². The van der Waals surface area contributed by atoms with E-state index in [1.54, 1.807) is 12.7 Å². The molecule has 0 unspecified atom stereocenters. The third-order valence-corrected chi connectivity index (χ3v) is 1.47. The minimum atomic E-state index is 0. The van der Waals surface area contributed by atoms with Gasteiger partial charge < -0.3 is 0 Å².